The summed E-state index contributed by atoms with van der Waals surface area (Å²) in [6.45, 7) is -0.0873. The Balaban J connectivity index is 1.90. The van der Waals surface area contributed by atoms with Gasteiger partial charge in [-0.15, -0.1) is 0 Å². The lowest BCUT2D eigenvalue weighted by atomic mass is 10.1. The molecule has 2 aromatic heterocycles. The average molecular weight is 561 g/mol. The summed E-state index contributed by atoms with van der Waals surface area (Å²) in [7, 11) is 2.56. The van der Waals surface area contributed by atoms with E-state index in [1.54, 1.807) is 0 Å². The van der Waals surface area contributed by atoms with E-state index < -0.39 is 46.6 Å². The van der Waals surface area contributed by atoms with E-state index in [1.165, 1.54) is 58.3 Å². The minimum atomic E-state index is -3.07. The van der Waals surface area contributed by atoms with Crippen LogP contribution in [-0.2, 0) is 12.6 Å². The first-order valence-corrected chi connectivity index (χ1v) is 11.7. The summed E-state index contributed by atoms with van der Waals surface area (Å²) in [5.74, 6) is -3.34. The molecule has 0 aliphatic carbocycles. The van der Waals surface area contributed by atoms with Crippen LogP contribution in [0.15, 0.2) is 59.4 Å². The van der Waals surface area contributed by atoms with Gasteiger partial charge in [0.05, 0.1) is 18.4 Å². The SMILES string of the molecule is COc1cc(F)c(-c2c(NC(=O)c3ccc(OC(F)F)cc3)c(=O)n(-c3cccc(C(C)(C)O)n3)n2C)c(F)c1. The molecular weight excluding hydrogens is 536 g/mol. The summed E-state index contributed by atoms with van der Waals surface area (Å²) in [5.41, 5.74) is -3.56. The minimum Gasteiger partial charge on any atom is -0.497 e. The van der Waals surface area contributed by atoms with Gasteiger partial charge in [-0.3, -0.25) is 14.3 Å². The van der Waals surface area contributed by atoms with E-state index in [2.05, 4.69) is 15.0 Å². The fourth-order valence-corrected chi connectivity index (χ4v) is 4.01. The van der Waals surface area contributed by atoms with Crippen LogP contribution >= 0.6 is 0 Å². The molecule has 2 heterocycles. The number of benzene rings is 2. The molecule has 9 nitrogen and oxygen atoms in total. The molecule has 4 aromatic rings. The molecule has 0 radical (unpaired) electrons. The van der Waals surface area contributed by atoms with E-state index in [-0.39, 0.29) is 34.3 Å². The lowest BCUT2D eigenvalue weighted by Crippen LogP contribution is -2.25. The van der Waals surface area contributed by atoms with Crippen LogP contribution in [0, 0.1) is 11.6 Å². The quantitative estimate of drug-likeness (QED) is 0.305. The van der Waals surface area contributed by atoms with Crippen molar-refractivity contribution < 1.29 is 36.9 Å². The van der Waals surface area contributed by atoms with Gasteiger partial charge in [0.1, 0.15) is 40.1 Å². The van der Waals surface area contributed by atoms with Crippen LogP contribution in [0.4, 0.5) is 23.2 Å². The minimum absolute atomic E-state index is 0.00305. The Hall–Kier alpha value is -4.65. The number of anilines is 1. The molecule has 0 fully saturated rings. The Morgan fingerprint density at radius 1 is 1.05 bits per heavy atom. The molecule has 0 aliphatic heterocycles. The first-order valence-electron chi connectivity index (χ1n) is 11.7. The van der Waals surface area contributed by atoms with Crippen molar-refractivity contribution >= 4 is 11.6 Å². The predicted octanol–water partition coefficient (Wildman–Crippen LogP) is 4.61. The molecular formula is C27H24F4N4O5. The van der Waals surface area contributed by atoms with Gasteiger partial charge in [0.15, 0.2) is 5.82 Å². The lowest BCUT2D eigenvalue weighted by Gasteiger charge is -2.18. The first-order chi connectivity index (χ1) is 18.8. The second-order valence-electron chi connectivity index (χ2n) is 9.13. The molecule has 0 saturated carbocycles. The fourth-order valence-electron chi connectivity index (χ4n) is 4.01. The lowest BCUT2D eigenvalue weighted by molar-refractivity contribution is -0.0498. The molecule has 1 amide bonds. The number of nitrogens with zero attached hydrogens (tertiary/aromatic N) is 3. The third kappa shape index (κ3) is 5.54. The van der Waals surface area contributed by atoms with Crippen molar-refractivity contribution in [3.05, 3.63) is 87.8 Å². The Labute approximate surface area is 225 Å². The highest BCUT2D eigenvalue weighted by molar-refractivity contribution is 6.06. The second kappa shape index (κ2) is 10.8. The van der Waals surface area contributed by atoms with Crippen LogP contribution < -0.4 is 20.3 Å². The number of carbonyl (C=O) groups is 1. The molecule has 0 bridgehead atoms. The zero-order valence-electron chi connectivity index (χ0n) is 21.7. The molecule has 0 spiro atoms. The summed E-state index contributed by atoms with van der Waals surface area (Å²) in [5, 5.41) is 12.8. The van der Waals surface area contributed by atoms with Gasteiger partial charge in [-0.1, -0.05) is 6.07 Å². The number of halogens is 4. The van der Waals surface area contributed by atoms with Gasteiger partial charge >= 0.3 is 6.61 Å². The number of nitrogens with one attached hydrogen (secondary N) is 1. The van der Waals surface area contributed by atoms with Crippen molar-refractivity contribution in [1.29, 1.82) is 0 Å². The van der Waals surface area contributed by atoms with Gasteiger partial charge in [-0.25, -0.2) is 13.8 Å². The number of carbonyl (C=O) groups excluding carboxylic acids is 1. The van der Waals surface area contributed by atoms with E-state index >= 15 is 8.78 Å². The van der Waals surface area contributed by atoms with E-state index in [0.717, 1.165) is 33.6 Å². The summed E-state index contributed by atoms with van der Waals surface area (Å²) in [6.07, 6.45) is 0. The van der Waals surface area contributed by atoms with Crippen LogP contribution in [0.3, 0.4) is 0 Å². The number of aliphatic hydroxyl groups is 1. The normalized spacial score (nSPS) is 11.6. The Bertz CT molecular complexity index is 1600. The monoisotopic (exact) mass is 560 g/mol. The third-order valence-corrected chi connectivity index (χ3v) is 5.91. The molecule has 0 atom stereocenters. The van der Waals surface area contributed by atoms with E-state index in [1.807, 2.05) is 0 Å². The highest BCUT2D eigenvalue weighted by Crippen LogP contribution is 2.34. The smallest absolute Gasteiger partial charge is 0.387 e. The van der Waals surface area contributed by atoms with Crippen LogP contribution in [0.5, 0.6) is 11.5 Å². The number of rotatable bonds is 8. The number of hydrogen-bond acceptors (Lipinski definition) is 6. The summed E-state index contributed by atoms with van der Waals surface area (Å²) in [4.78, 5) is 31.1. The molecule has 0 saturated heterocycles. The highest BCUT2D eigenvalue weighted by atomic mass is 19.3. The maximum atomic E-state index is 15.2. The van der Waals surface area contributed by atoms with Crippen molar-refractivity contribution in [3.63, 3.8) is 0 Å². The van der Waals surface area contributed by atoms with Gasteiger partial charge in [-0.05, 0) is 50.2 Å². The number of ether oxygens (including phenoxy) is 2. The topological polar surface area (TPSA) is 108 Å². The van der Waals surface area contributed by atoms with E-state index in [0.29, 0.717) is 0 Å². The number of alkyl halides is 2. The Kier molecular flexibility index (Phi) is 7.69. The summed E-state index contributed by atoms with van der Waals surface area (Å²) < 4.78 is 66.7. The summed E-state index contributed by atoms with van der Waals surface area (Å²) >= 11 is 0. The molecule has 0 unspecified atom stereocenters. The van der Waals surface area contributed by atoms with Crippen LogP contribution in [0.25, 0.3) is 17.1 Å². The predicted molar refractivity (Wildman–Crippen MR) is 137 cm³/mol. The molecule has 210 valence electrons. The van der Waals surface area contributed by atoms with Gasteiger partial charge in [0, 0.05) is 24.7 Å². The number of amides is 1. The van der Waals surface area contributed by atoms with Crippen molar-refractivity contribution in [3.8, 4) is 28.6 Å². The van der Waals surface area contributed by atoms with Crippen LogP contribution in [0.1, 0.15) is 29.9 Å². The molecule has 2 N–H and O–H groups in total. The zero-order valence-corrected chi connectivity index (χ0v) is 21.7. The molecule has 2 aromatic carbocycles. The number of pyridine rings is 1. The average Bonchev–Trinajstić information content (AvgIpc) is 3.12. The first kappa shape index (κ1) is 28.4. The van der Waals surface area contributed by atoms with Gasteiger partial charge < -0.3 is 19.9 Å². The largest absolute Gasteiger partial charge is 0.497 e. The van der Waals surface area contributed by atoms with Crippen molar-refractivity contribution in [1.82, 2.24) is 14.3 Å². The maximum Gasteiger partial charge on any atom is 0.387 e. The fraction of sp³-hybridized carbons (Fsp3) is 0.222. The van der Waals surface area contributed by atoms with Gasteiger partial charge in [-0.2, -0.15) is 13.5 Å². The van der Waals surface area contributed by atoms with Gasteiger partial charge in [0.25, 0.3) is 11.5 Å². The molecule has 40 heavy (non-hydrogen) atoms. The zero-order chi connectivity index (χ0) is 29.4. The van der Waals surface area contributed by atoms with Crippen LogP contribution in [-0.4, -0.2) is 39.1 Å². The highest BCUT2D eigenvalue weighted by Gasteiger charge is 2.28. The molecule has 4 rings (SSSR count). The van der Waals surface area contributed by atoms with E-state index in [4.69, 9.17) is 4.74 Å². The van der Waals surface area contributed by atoms with Crippen molar-refractivity contribution in [2.24, 2.45) is 7.05 Å². The molecule has 0 aliphatic rings. The van der Waals surface area contributed by atoms with Crippen molar-refractivity contribution in [2.75, 3.05) is 12.4 Å². The standard InChI is InChI=1S/C27H24F4N4O5/c1-27(2,38)19-6-5-7-20(32-19)35-25(37)22(33-24(36)14-8-10-15(11-9-14)40-26(30)31)23(34(35)3)21-17(28)12-16(39-4)13-18(21)29/h5-13,26,38H,1-4H3,(H,33,36). The number of methoxy groups -OCH3 is 1. The number of aromatic nitrogens is 3. The Morgan fingerprint density at radius 3 is 2.23 bits per heavy atom. The third-order valence-electron chi connectivity index (χ3n) is 5.91. The molecule has 13 heteroatoms. The van der Waals surface area contributed by atoms with Gasteiger partial charge in [0.2, 0.25) is 0 Å². The maximum absolute atomic E-state index is 15.2. The number of hydrogen-bond donors (Lipinski definition) is 2. The second-order valence-corrected chi connectivity index (χ2v) is 9.13. The van der Waals surface area contributed by atoms with Crippen LogP contribution in [0.2, 0.25) is 0 Å². The Morgan fingerprint density at radius 2 is 1.68 bits per heavy atom. The van der Waals surface area contributed by atoms with Crippen molar-refractivity contribution in [2.45, 2.75) is 26.1 Å². The summed E-state index contributed by atoms with van der Waals surface area (Å²) in [6, 6.07) is 10.9. The van der Waals surface area contributed by atoms with E-state index in [9.17, 15) is 23.5 Å².